The standard InChI is InChI=1S/C17H22N6S/c1-12(2)15-13(9-20-21-15)10-22-4-6-23(7-5-22)17-16-14(3-8-24-16)18-11-19-17/h3,8-9,11-12H,4-7,10H2,1-2H3,(H,20,21). The molecule has 0 bridgehead atoms. The van der Waals surface area contributed by atoms with Crippen molar-refractivity contribution in [2.45, 2.75) is 26.3 Å². The van der Waals surface area contributed by atoms with Crippen LogP contribution in [0.5, 0.6) is 0 Å². The van der Waals surface area contributed by atoms with Gasteiger partial charge in [-0.3, -0.25) is 10.00 Å². The molecule has 0 spiro atoms. The van der Waals surface area contributed by atoms with Gasteiger partial charge in [0.15, 0.2) is 0 Å². The summed E-state index contributed by atoms with van der Waals surface area (Å²) in [5, 5.41) is 9.45. The number of aromatic amines is 1. The van der Waals surface area contributed by atoms with Crippen LogP contribution in [0.15, 0.2) is 24.0 Å². The second-order valence-electron chi connectivity index (χ2n) is 6.56. The highest BCUT2D eigenvalue weighted by Gasteiger charge is 2.21. The van der Waals surface area contributed by atoms with E-state index in [4.69, 9.17) is 0 Å². The molecule has 1 aliphatic rings. The van der Waals surface area contributed by atoms with E-state index in [0.717, 1.165) is 44.1 Å². The van der Waals surface area contributed by atoms with Crippen LogP contribution in [0.1, 0.15) is 31.0 Å². The number of nitrogens with zero attached hydrogens (tertiary/aromatic N) is 5. The van der Waals surface area contributed by atoms with Crippen molar-refractivity contribution in [3.63, 3.8) is 0 Å². The Morgan fingerprint density at radius 2 is 2.04 bits per heavy atom. The topological polar surface area (TPSA) is 60.9 Å². The maximum Gasteiger partial charge on any atom is 0.150 e. The number of nitrogens with one attached hydrogen (secondary N) is 1. The summed E-state index contributed by atoms with van der Waals surface area (Å²) in [6, 6.07) is 2.06. The lowest BCUT2D eigenvalue weighted by molar-refractivity contribution is 0.248. The smallest absolute Gasteiger partial charge is 0.150 e. The van der Waals surface area contributed by atoms with Crippen molar-refractivity contribution in [3.05, 3.63) is 35.2 Å². The number of H-pyrrole nitrogens is 1. The molecule has 0 unspecified atom stereocenters. The normalized spacial score (nSPS) is 16.4. The second kappa shape index (κ2) is 6.49. The van der Waals surface area contributed by atoms with Crippen molar-refractivity contribution in [3.8, 4) is 0 Å². The van der Waals surface area contributed by atoms with Gasteiger partial charge in [0.2, 0.25) is 0 Å². The largest absolute Gasteiger partial charge is 0.353 e. The van der Waals surface area contributed by atoms with E-state index in [0.29, 0.717) is 5.92 Å². The van der Waals surface area contributed by atoms with Crippen LogP contribution >= 0.6 is 11.3 Å². The molecule has 1 N–H and O–H groups in total. The Bertz CT molecular complexity index is 815. The first-order valence-corrected chi connectivity index (χ1v) is 9.28. The summed E-state index contributed by atoms with van der Waals surface area (Å²) < 4.78 is 1.20. The Morgan fingerprint density at radius 1 is 1.21 bits per heavy atom. The van der Waals surface area contributed by atoms with Gasteiger partial charge in [-0.15, -0.1) is 11.3 Å². The van der Waals surface area contributed by atoms with E-state index in [-0.39, 0.29) is 0 Å². The minimum absolute atomic E-state index is 0.483. The van der Waals surface area contributed by atoms with Crippen LogP contribution in [-0.4, -0.2) is 51.2 Å². The Kier molecular flexibility index (Phi) is 4.20. The summed E-state index contributed by atoms with van der Waals surface area (Å²) in [6.07, 6.45) is 3.65. The van der Waals surface area contributed by atoms with Crippen LogP contribution in [0.2, 0.25) is 0 Å². The molecule has 0 atom stereocenters. The molecule has 7 heteroatoms. The summed E-state index contributed by atoms with van der Waals surface area (Å²) in [6.45, 7) is 9.46. The summed E-state index contributed by atoms with van der Waals surface area (Å²) in [4.78, 5) is 13.8. The van der Waals surface area contributed by atoms with Crippen LogP contribution in [0.3, 0.4) is 0 Å². The van der Waals surface area contributed by atoms with E-state index in [1.54, 1.807) is 17.7 Å². The number of aromatic nitrogens is 4. The lowest BCUT2D eigenvalue weighted by Crippen LogP contribution is -2.46. The summed E-state index contributed by atoms with van der Waals surface area (Å²) in [5.41, 5.74) is 3.63. The number of piperazine rings is 1. The van der Waals surface area contributed by atoms with Gasteiger partial charge >= 0.3 is 0 Å². The Morgan fingerprint density at radius 3 is 2.83 bits per heavy atom. The van der Waals surface area contributed by atoms with Crippen molar-refractivity contribution < 1.29 is 0 Å². The minimum atomic E-state index is 0.483. The number of thiophene rings is 1. The van der Waals surface area contributed by atoms with Gasteiger partial charge in [-0.25, -0.2) is 9.97 Å². The maximum absolute atomic E-state index is 4.53. The van der Waals surface area contributed by atoms with Crippen LogP contribution < -0.4 is 4.90 Å². The van der Waals surface area contributed by atoms with Gasteiger partial charge in [0.25, 0.3) is 0 Å². The van der Waals surface area contributed by atoms with Crippen LogP contribution in [0, 0.1) is 0 Å². The van der Waals surface area contributed by atoms with Gasteiger partial charge in [-0.05, 0) is 17.4 Å². The average Bonchev–Trinajstić information content (AvgIpc) is 3.24. The molecule has 3 aromatic heterocycles. The van der Waals surface area contributed by atoms with Gasteiger partial charge in [0, 0.05) is 44.0 Å². The maximum atomic E-state index is 4.53. The fourth-order valence-electron chi connectivity index (χ4n) is 3.31. The Labute approximate surface area is 145 Å². The quantitative estimate of drug-likeness (QED) is 0.790. The van der Waals surface area contributed by atoms with Gasteiger partial charge in [-0.2, -0.15) is 5.10 Å². The molecule has 4 heterocycles. The zero-order valence-corrected chi connectivity index (χ0v) is 14.9. The average molecular weight is 342 g/mol. The third-order valence-corrected chi connectivity index (χ3v) is 5.52. The predicted molar refractivity (Wildman–Crippen MR) is 97.6 cm³/mol. The molecule has 126 valence electrons. The van der Waals surface area contributed by atoms with Gasteiger partial charge < -0.3 is 4.90 Å². The van der Waals surface area contributed by atoms with Crippen LogP contribution in [-0.2, 0) is 6.54 Å². The molecule has 1 saturated heterocycles. The van der Waals surface area contributed by atoms with Crippen molar-refractivity contribution in [2.24, 2.45) is 0 Å². The first-order chi connectivity index (χ1) is 11.7. The number of anilines is 1. The molecule has 1 aliphatic heterocycles. The minimum Gasteiger partial charge on any atom is -0.353 e. The molecule has 3 aromatic rings. The van der Waals surface area contributed by atoms with Crippen LogP contribution in [0.25, 0.3) is 10.2 Å². The fraction of sp³-hybridized carbons (Fsp3) is 0.471. The van der Waals surface area contributed by atoms with E-state index < -0.39 is 0 Å². The van der Waals surface area contributed by atoms with Gasteiger partial charge in [-0.1, -0.05) is 13.8 Å². The van der Waals surface area contributed by atoms with Crippen molar-refractivity contribution >= 4 is 27.4 Å². The molecule has 6 nitrogen and oxygen atoms in total. The van der Waals surface area contributed by atoms with E-state index in [9.17, 15) is 0 Å². The Hall–Kier alpha value is -1.99. The van der Waals surface area contributed by atoms with E-state index in [1.807, 2.05) is 6.20 Å². The SMILES string of the molecule is CC(C)c1[nH]ncc1CN1CCN(c2ncnc3ccsc23)CC1. The third-order valence-electron chi connectivity index (χ3n) is 4.62. The summed E-state index contributed by atoms with van der Waals surface area (Å²) >= 11 is 1.72. The van der Waals surface area contributed by atoms with Gasteiger partial charge in [0.1, 0.15) is 12.1 Å². The van der Waals surface area contributed by atoms with E-state index in [2.05, 4.69) is 55.3 Å². The zero-order valence-electron chi connectivity index (χ0n) is 14.1. The van der Waals surface area contributed by atoms with Gasteiger partial charge in [0.05, 0.1) is 16.4 Å². The van der Waals surface area contributed by atoms with Crippen molar-refractivity contribution in [1.29, 1.82) is 0 Å². The molecule has 0 aromatic carbocycles. The zero-order chi connectivity index (χ0) is 16.5. The molecule has 0 aliphatic carbocycles. The predicted octanol–water partition coefficient (Wildman–Crippen LogP) is 2.86. The molecule has 1 fully saturated rings. The molecular formula is C17H22N6S. The van der Waals surface area contributed by atoms with E-state index >= 15 is 0 Å². The highest BCUT2D eigenvalue weighted by molar-refractivity contribution is 7.17. The lowest BCUT2D eigenvalue weighted by atomic mass is 10.1. The number of hydrogen-bond donors (Lipinski definition) is 1. The molecule has 0 radical (unpaired) electrons. The molecule has 0 amide bonds. The van der Waals surface area contributed by atoms with E-state index in [1.165, 1.54) is 16.0 Å². The highest BCUT2D eigenvalue weighted by Crippen LogP contribution is 2.28. The van der Waals surface area contributed by atoms with Crippen molar-refractivity contribution in [1.82, 2.24) is 25.1 Å². The first-order valence-electron chi connectivity index (χ1n) is 8.40. The number of fused-ring (bicyclic) bond motifs is 1. The Balaban J connectivity index is 1.43. The van der Waals surface area contributed by atoms with Crippen molar-refractivity contribution in [2.75, 3.05) is 31.1 Å². The monoisotopic (exact) mass is 342 g/mol. The highest BCUT2D eigenvalue weighted by atomic mass is 32.1. The molecule has 4 rings (SSSR count). The molecular weight excluding hydrogens is 320 g/mol. The summed E-state index contributed by atoms with van der Waals surface area (Å²) in [5.74, 6) is 1.57. The van der Waals surface area contributed by atoms with Crippen LogP contribution in [0.4, 0.5) is 5.82 Å². The summed E-state index contributed by atoms with van der Waals surface area (Å²) in [7, 11) is 0. The third kappa shape index (κ3) is 2.89. The number of hydrogen-bond acceptors (Lipinski definition) is 6. The molecule has 24 heavy (non-hydrogen) atoms. The lowest BCUT2D eigenvalue weighted by Gasteiger charge is -2.35. The molecule has 0 saturated carbocycles. The first kappa shape index (κ1) is 15.5. The second-order valence-corrected chi connectivity index (χ2v) is 7.48. The number of rotatable bonds is 4. The fourth-order valence-corrected chi connectivity index (χ4v) is 4.17.